The minimum atomic E-state index is -3.44. The van der Waals surface area contributed by atoms with E-state index in [1.807, 2.05) is 24.4 Å². The van der Waals surface area contributed by atoms with Crippen LogP contribution >= 0.6 is 23.6 Å². The molecule has 4 nitrogen and oxygen atoms in total. The Hall–Kier alpha value is -0.500. The summed E-state index contributed by atoms with van der Waals surface area (Å²) in [7, 11) is -3.44. The molecule has 1 unspecified atom stereocenters. The number of nitrogens with one attached hydrogen (secondary N) is 1. The van der Waals surface area contributed by atoms with E-state index in [2.05, 4.69) is 16.9 Å². The first-order valence-electron chi connectivity index (χ1n) is 5.26. The highest BCUT2D eigenvalue weighted by Crippen LogP contribution is 2.23. The number of thiocarbonyl (C=S) groups is 1. The Morgan fingerprint density at radius 3 is 2.82 bits per heavy atom. The Labute approximate surface area is 111 Å². The molecule has 1 aromatic heterocycles. The molecule has 0 saturated heterocycles. The maximum absolute atomic E-state index is 11.7. The molecule has 1 heterocycles. The van der Waals surface area contributed by atoms with Crippen LogP contribution in [0.4, 0.5) is 0 Å². The number of hydrogen-bond acceptors (Lipinski definition) is 4. The summed E-state index contributed by atoms with van der Waals surface area (Å²) in [5, 5.41) is 1.93. The molecule has 0 bridgehead atoms. The van der Waals surface area contributed by atoms with Crippen molar-refractivity contribution in [3.05, 3.63) is 22.4 Å². The normalized spacial score (nSPS) is 13.5. The maximum Gasteiger partial charge on any atom is 0.218 e. The van der Waals surface area contributed by atoms with Crippen LogP contribution in [-0.4, -0.2) is 19.2 Å². The van der Waals surface area contributed by atoms with E-state index in [0.717, 1.165) is 17.7 Å². The van der Waals surface area contributed by atoms with E-state index in [0.29, 0.717) is 0 Å². The van der Waals surface area contributed by atoms with E-state index < -0.39 is 10.0 Å². The molecular weight excluding hydrogens is 276 g/mol. The summed E-state index contributed by atoms with van der Waals surface area (Å²) < 4.78 is 26.1. The van der Waals surface area contributed by atoms with Crippen molar-refractivity contribution in [2.45, 2.75) is 25.8 Å². The second-order valence-corrected chi connectivity index (χ2v) is 6.96. The molecule has 1 atom stereocenters. The molecule has 96 valence electrons. The third-order valence-corrected chi connectivity index (χ3v) is 4.77. The lowest BCUT2D eigenvalue weighted by atomic mass is 10.1. The highest BCUT2D eigenvalue weighted by Gasteiger charge is 2.20. The predicted octanol–water partition coefficient (Wildman–Crippen LogP) is 1.79. The van der Waals surface area contributed by atoms with Gasteiger partial charge in [-0.3, -0.25) is 0 Å². The summed E-state index contributed by atoms with van der Waals surface area (Å²) in [5.41, 5.74) is 5.26. The predicted molar refractivity (Wildman–Crippen MR) is 75.7 cm³/mol. The van der Waals surface area contributed by atoms with Crippen LogP contribution in [0.25, 0.3) is 0 Å². The standard InChI is InChI=1S/C10H16N2O2S3/c1-2-4-8(9-5-3-6-16-9)12-17(13,14)7-10(11)15/h3,5-6,8,12H,2,4,7H2,1H3,(H2,11,15). The second-order valence-electron chi connectivity index (χ2n) is 3.70. The average Bonchev–Trinajstić information content (AvgIpc) is 2.66. The van der Waals surface area contributed by atoms with Gasteiger partial charge in [0.05, 0.1) is 11.0 Å². The first kappa shape index (κ1) is 14.6. The first-order valence-corrected chi connectivity index (χ1v) is 8.20. The SMILES string of the molecule is CCCC(NS(=O)(=O)CC(N)=S)c1cccs1. The Morgan fingerprint density at radius 2 is 2.35 bits per heavy atom. The summed E-state index contributed by atoms with van der Waals surface area (Å²) in [5.74, 6) is -0.298. The lowest BCUT2D eigenvalue weighted by molar-refractivity contribution is 0.543. The van der Waals surface area contributed by atoms with Crippen LogP contribution in [0, 0.1) is 0 Å². The zero-order valence-electron chi connectivity index (χ0n) is 9.55. The summed E-state index contributed by atoms with van der Waals surface area (Å²) in [6.45, 7) is 2.02. The quantitative estimate of drug-likeness (QED) is 0.752. The van der Waals surface area contributed by atoms with E-state index in [4.69, 9.17) is 5.73 Å². The van der Waals surface area contributed by atoms with Crippen molar-refractivity contribution in [3.63, 3.8) is 0 Å². The molecule has 0 fully saturated rings. The monoisotopic (exact) mass is 292 g/mol. The molecule has 1 aromatic rings. The molecule has 17 heavy (non-hydrogen) atoms. The molecule has 3 N–H and O–H groups in total. The zero-order valence-corrected chi connectivity index (χ0v) is 12.0. The van der Waals surface area contributed by atoms with E-state index in [-0.39, 0.29) is 16.8 Å². The van der Waals surface area contributed by atoms with Gasteiger partial charge >= 0.3 is 0 Å². The largest absolute Gasteiger partial charge is 0.392 e. The van der Waals surface area contributed by atoms with Gasteiger partial charge in [0, 0.05) is 4.88 Å². The molecule has 0 saturated carbocycles. The van der Waals surface area contributed by atoms with Crippen LogP contribution in [0.15, 0.2) is 17.5 Å². The minimum Gasteiger partial charge on any atom is -0.392 e. The lowest BCUT2D eigenvalue weighted by Gasteiger charge is -2.16. The van der Waals surface area contributed by atoms with Crippen molar-refractivity contribution in [3.8, 4) is 0 Å². The van der Waals surface area contributed by atoms with E-state index >= 15 is 0 Å². The number of hydrogen-bond donors (Lipinski definition) is 2. The van der Waals surface area contributed by atoms with Crippen molar-refractivity contribution in [1.82, 2.24) is 4.72 Å². The van der Waals surface area contributed by atoms with Gasteiger partial charge in [-0.1, -0.05) is 31.6 Å². The summed E-state index contributed by atoms with van der Waals surface area (Å²) in [6.07, 6.45) is 1.66. The van der Waals surface area contributed by atoms with E-state index in [9.17, 15) is 8.42 Å². The molecule has 1 rings (SSSR count). The summed E-state index contributed by atoms with van der Waals surface area (Å²) >= 11 is 6.16. The van der Waals surface area contributed by atoms with Gasteiger partial charge in [-0.15, -0.1) is 11.3 Å². The molecule has 0 aliphatic rings. The van der Waals surface area contributed by atoms with Gasteiger partial charge in [0.1, 0.15) is 5.75 Å². The maximum atomic E-state index is 11.7. The summed E-state index contributed by atoms with van der Waals surface area (Å²) in [6, 6.07) is 3.65. The molecule has 0 aliphatic carbocycles. The summed E-state index contributed by atoms with van der Waals surface area (Å²) in [4.78, 5) is 0.997. The smallest absolute Gasteiger partial charge is 0.218 e. The van der Waals surface area contributed by atoms with Crippen LogP contribution in [0.1, 0.15) is 30.7 Å². The highest BCUT2D eigenvalue weighted by atomic mass is 32.2. The Bertz CT molecular complexity index is 454. The molecule has 0 aliphatic heterocycles. The van der Waals surface area contributed by atoms with Gasteiger partial charge in [0.15, 0.2) is 0 Å². The van der Waals surface area contributed by atoms with Crippen LogP contribution in [0.2, 0.25) is 0 Å². The fourth-order valence-electron chi connectivity index (χ4n) is 1.48. The Balaban J connectivity index is 2.77. The second kappa shape index (κ2) is 6.44. The highest BCUT2D eigenvalue weighted by molar-refractivity contribution is 7.92. The molecule has 0 amide bonds. The molecule has 0 spiro atoms. The van der Waals surface area contributed by atoms with Gasteiger partial charge in [0.2, 0.25) is 10.0 Å². The first-order chi connectivity index (χ1) is 7.94. The van der Waals surface area contributed by atoms with Crippen molar-refractivity contribution < 1.29 is 8.42 Å². The lowest BCUT2D eigenvalue weighted by Crippen LogP contribution is -2.34. The van der Waals surface area contributed by atoms with Crippen molar-refractivity contribution in [1.29, 1.82) is 0 Å². The minimum absolute atomic E-state index is 0.0149. The van der Waals surface area contributed by atoms with Gasteiger partial charge in [-0.25, -0.2) is 13.1 Å². The van der Waals surface area contributed by atoms with Crippen molar-refractivity contribution in [2.24, 2.45) is 5.73 Å². The van der Waals surface area contributed by atoms with Gasteiger partial charge in [-0.05, 0) is 17.9 Å². The number of nitrogens with two attached hydrogens (primary N) is 1. The third kappa shape index (κ3) is 5.12. The zero-order chi connectivity index (χ0) is 12.9. The van der Waals surface area contributed by atoms with E-state index in [1.165, 1.54) is 11.3 Å². The third-order valence-electron chi connectivity index (χ3n) is 2.12. The average molecular weight is 292 g/mol. The van der Waals surface area contributed by atoms with Crippen LogP contribution in [0.3, 0.4) is 0 Å². The van der Waals surface area contributed by atoms with Gasteiger partial charge in [-0.2, -0.15) is 0 Å². The van der Waals surface area contributed by atoms with Gasteiger partial charge in [0.25, 0.3) is 0 Å². The topological polar surface area (TPSA) is 72.2 Å². The van der Waals surface area contributed by atoms with Crippen LogP contribution in [0.5, 0.6) is 0 Å². The fraction of sp³-hybridized carbons (Fsp3) is 0.500. The fourth-order valence-corrected chi connectivity index (χ4v) is 3.97. The number of sulfonamides is 1. The van der Waals surface area contributed by atoms with Crippen LogP contribution < -0.4 is 10.5 Å². The van der Waals surface area contributed by atoms with Gasteiger partial charge < -0.3 is 5.73 Å². The van der Waals surface area contributed by atoms with Crippen molar-refractivity contribution >= 4 is 38.6 Å². The molecule has 7 heteroatoms. The van der Waals surface area contributed by atoms with Crippen molar-refractivity contribution in [2.75, 3.05) is 5.75 Å². The van der Waals surface area contributed by atoms with E-state index in [1.54, 1.807) is 0 Å². The molecule has 0 aromatic carbocycles. The molecule has 0 radical (unpaired) electrons. The Kier molecular flexibility index (Phi) is 5.51. The van der Waals surface area contributed by atoms with Crippen LogP contribution in [-0.2, 0) is 10.0 Å². The molecular formula is C10H16N2O2S3. The number of rotatable bonds is 7. The number of thiophene rings is 1. The Morgan fingerprint density at radius 1 is 1.65 bits per heavy atom.